The van der Waals surface area contributed by atoms with Gasteiger partial charge in [0.2, 0.25) is 5.43 Å². The van der Waals surface area contributed by atoms with E-state index in [-0.39, 0.29) is 23.6 Å². The Morgan fingerprint density at radius 3 is 2.67 bits per heavy atom. The second kappa shape index (κ2) is 8.50. The fraction of sp³-hybridized carbons (Fsp3) is 0.368. The van der Waals surface area contributed by atoms with Crippen LogP contribution in [0.1, 0.15) is 34.1 Å². The number of aromatic nitrogens is 1. The van der Waals surface area contributed by atoms with E-state index in [0.29, 0.717) is 17.7 Å². The highest BCUT2D eigenvalue weighted by molar-refractivity contribution is 9.10. The predicted molar refractivity (Wildman–Crippen MR) is 108 cm³/mol. The topological polar surface area (TPSA) is 77.4 Å². The van der Waals surface area contributed by atoms with Crippen molar-refractivity contribution < 1.29 is 13.7 Å². The van der Waals surface area contributed by atoms with Crippen molar-refractivity contribution in [3.63, 3.8) is 0 Å². The minimum absolute atomic E-state index is 0.102. The molecule has 8 heteroatoms. The molecule has 27 heavy (non-hydrogen) atoms. The van der Waals surface area contributed by atoms with Crippen LogP contribution in [0.2, 0.25) is 0 Å². The normalized spacial score (nSPS) is 17.7. The lowest BCUT2D eigenvalue weighted by atomic mass is 10.1. The van der Waals surface area contributed by atoms with E-state index in [1.807, 2.05) is 23.6 Å². The van der Waals surface area contributed by atoms with Crippen LogP contribution in [-0.4, -0.2) is 34.2 Å². The van der Waals surface area contributed by atoms with Crippen LogP contribution >= 0.6 is 15.9 Å². The number of benzene rings is 1. The summed E-state index contributed by atoms with van der Waals surface area (Å²) in [6.45, 7) is 3.38. The second-order valence-electron chi connectivity index (χ2n) is 6.48. The Labute approximate surface area is 168 Å². The van der Waals surface area contributed by atoms with Crippen LogP contribution in [0.4, 0.5) is 0 Å². The minimum atomic E-state index is -1.04. The molecular formula is C19H21BrN2O4S. The number of hydrogen-bond donors (Lipinski definition) is 1. The molecule has 1 aliphatic rings. The largest absolute Gasteiger partial charge is 0.379 e. The summed E-state index contributed by atoms with van der Waals surface area (Å²) in [4.78, 5) is 25.9. The number of rotatable bonds is 5. The Balaban J connectivity index is 1.79. The van der Waals surface area contributed by atoms with Crippen molar-refractivity contribution >= 4 is 32.6 Å². The van der Waals surface area contributed by atoms with Crippen molar-refractivity contribution in [2.75, 3.05) is 19.5 Å². The molecule has 144 valence electrons. The van der Waals surface area contributed by atoms with Gasteiger partial charge < -0.3 is 14.6 Å². The van der Waals surface area contributed by atoms with E-state index in [1.165, 1.54) is 0 Å². The smallest absolute Gasteiger partial charge is 0.257 e. The Morgan fingerprint density at radius 1 is 1.37 bits per heavy atom. The molecule has 2 heterocycles. The fourth-order valence-electron chi connectivity index (χ4n) is 3.05. The molecule has 3 rings (SSSR count). The first kappa shape index (κ1) is 20.0. The standard InChI is InChI=1S/C19H21BrN2O4S/c1-12-17(20)18(23)16(10-22(12)14-7-8-26-11-14)19(24)21-9-13-3-5-15(6-4-13)27(2)25/h3-6,10,14H,7-9,11H2,1-2H3,(H,21,24). The zero-order chi connectivity index (χ0) is 19.6. The van der Waals surface area contributed by atoms with Crippen LogP contribution in [0.25, 0.3) is 0 Å². The van der Waals surface area contributed by atoms with Crippen molar-refractivity contribution in [1.29, 1.82) is 0 Å². The summed E-state index contributed by atoms with van der Waals surface area (Å²) < 4.78 is 19.2. The quantitative estimate of drug-likeness (QED) is 0.755. The van der Waals surface area contributed by atoms with E-state index in [1.54, 1.807) is 24.6 Å². The molecule has 0 bridgehead atoms. The van der Waals surface area contributed by atoms with Crippen LogP contribution in [0.3, 0.4) is 0 Å². The van der Waals surface area contributed by atoms with Gasteiger partial charge in [-0.1, -0.05) is 12.1 Å². The first-order chi connectivity index (χ1) is 12.9. The van der Waals surface area contributed by atoms with Gasteiger partial charge >= 0.3 is 0 Å². The highest BCUT2D eigenvalue weighted by Crippen LogP contribution is 2.23. The van der Waals surface area contributed by atoms with Gasteiger partial charge in [-0.15, -0.1) is 0 Å². The van der Waals surface area contributed by atoms with Gasteiger partial charge in [0.15, 0.2) is 0 Å². The molecule has 1 aromatic carbocycles. The molecule has 2 unspecified atom stereocenters. The monoisotopic (exact) mass is 452 g/mol. The fourth-order valence-corrected chi connectivity index (χ4v) is 3.99. The van der Waals surface area contributed by atoms with Crippen LogP contribution < -0.4 is 10.7 Å². The van der Waals surface area contributed by atoms with Crippen molar-refractivity contribution in [2.45, 2.75) is 30.8 Å². The number of carbonyl (C=O) groups is 1. The van der Waals surface area contributed by atoms with Crippen molar-refractivity contribution in [2.24, 2.45) is 0 Å². The summed E-state index contributed by atoms with van der Waals surface area (Å²) in [6, 6.07) is 7.29. The van der Waals surface area contributed by atoms with Gasteiger partial charge in [-0.3, -0.25) is 13.8 Å². The Kier molecular flexibility index (Phi) is 6.29. The molecule has 1 N–H and O–H groups in total. The number of amides is 1. The summed E-state index contributed by atoms with van der Waals surface area (Å²) in [5, 5.41) is 2.79. The highest BCUT2D eigenvalue weighted by Gasteiger charge is 2.23. The molecule has 0 spiro atoms. The maximum absolute atomic E-state index is 12.6. The lowest BCUT2D eigenvalue weighted by Gasteiger charge is -2.19. The van der Waals surface area contributed by atoms with Gasteiger partial charge in [-0.25, -0.2) is 0 Å². The van der Waals surface area contributed by atoms with Crippen LogP contribution in [-0.2, 0) is 22.1 Å². The van der Waals surface area contributed by atoms with Crippen LogP contribution in [0.5, 0.6) is 0 Å². The first-order valence-corrected chi connectivity index (χ1v) is 10.9. The molecule has 1 saturated heterocycles. The molecular weight excluding hydrogens is 432 g/mol. The highest BCUT2D eigenvalue weighted by atomic mass is 79.9. The number of pyridine rings is 1. The molecule has 1 amide bonds. The van der Waals surface area contributed by atoms with E-state index in [4.69, 9.17) is 4.74 Å². The maximum atomic E-state index is 12.6. The van der Waals surface area contributed by atoms with Crippen molar-refractivity contribution in [3.8, 4) is 0 Å². The lowest BCUT2D eigenvalue weighted by molar-refractivity contribution is 0.0948. The minimum Gasteiger partial charge on any atom is -0.379 e. The van der Waals surface area contributed by atoms with E-state index in [9.17, 15) is 13.8 Å². The van der Waals surface area contributed by atoms with E-state index < -0.39 is 16.7 Å². The Bertz CT molecular complexity index is 934. The zero-order valence-corrected chi connectivity index (χ0v) is 17.6. The van der Waals surface area contributed by atoms with Gasteiger partial charge in [-0.05, 0) is 47.0 Å². The summed E-state index contributed by atoms with van der Waals surface area (Å²) in [6.07, 6.45) is 4.09. The average molecular weight is 453 g/mol. The van der Waals surface area contributed by atoms with Crippen molar-refractivity contribution in [3.05, 3.63) is 62.0 Å². The van der Waals surface area contributed by atoms with Gasteiger partial charge in [-0.2, -0.15) is 0 Å². The Morgan fingerprint density at radius 2 is 2.07 bits per heavy atom. The maximum Gasteiger partial charge on any atom is 0.257 e. The average Bonchev–Trinajstić information content (AvgIpc) is 3.19. The number of halogens is 1. The number of ether oxygens (including phenoxy) is 1. The van der Waals surface area contributed by atoms with Gasteiger partial charge in [0.05, 0.1) is 17.1 Å². The number of nitrogens with one attached hydrogen (secondary N) is 1. The molecule has 0 saturated carbocycles. The summed E-state index contributed by atoms with van der Waals surface area (Å²) in [7, 11) is -1.04. The molecule has 2 atom stereocenters. The van der Waals surface area contributed by atoms with Gasteiger partial charge in [0.1, 0.15) is 5.56 Å². The molecule has 0 radical (unpaired) electrons. The third-order valence-corrected chi connectivity index (χ3v) is 6.54. The third-order valence-electron chi connectivity index (χ3n) is 4.67. The Hall–Kier alpha value is -1.77. The molecule has 6 nitrogen and oxygen atoms in total. The summed E-state index contributed by atoms with van der Waals surface area (Å²) >= 11 is 3.33. The van der Waals surface area contributed by atoms with E-state index in [0.717, 1.165) is 22.6 Å². The third kappa shape index (κ3) is 4.39. The number of hydrogen-bond acceptors (Lipinski definition) is 4. The molecule has 1 fully saturated rings. The van der Waals surface area contributed by atoms with Crippen LogP contribution in [0, 0.1) is 6.92 Å². The number of carbonyl (C=O) groups excluding carboxylic acids is 1. The predicted octanol–water partition coefficient (Wildman–Crippen LogP) is 2.55. The first-order valence-electron chi connectivity index (χ1n) is 8.58. The zero-order valence-electron chi connectivity index (χ0n) is 15.2. The molecule has 1 aromatic heterocycles. The van der Waals surface area contributed by atoms with Gasteiger partial charge in [0.25, 0.3) is 5.91 Å². The molecule has 2 aromatic rings. The van der Waals surface area contributed by atoms with Crippen LogP contribution in [0.15, 0.2) is 44.6 Å². The lowest BCUT2D eigenvalue weighted by Crippen LogP contribution is -2.31. The SMILES string of the molecule is Cc1c(Br)c(=O)c(C(=O)NCc2ccc(S(C)=O)cc2)cn1C1CCOC1. The van der Waals surface area contributed by atoms with E-state index >= 15 is 0 Å². The van der Waals surface area contributed by atoms with Gasteiger partial charge in [0, 0.05) is 47.0 Å². The number of nitrogens with zero attached hydrogens (tertiary/aromatic N) is 1. The summed E-state index contributed by atoms with van der Waals surface area (Å²) in [5.41, 5.74) is 1.44. The van der Waals surface area contributed by atoms with E-state index in [2.05, 4.69) is 21.2 Å². The summed E-state index contributed by atoms with van der Waals surface area (Å²) in [5.74, 6) is -0.420. The molecule has 1 aliphatic heterocycles. The van der Waals surface area contributed by atoms with Crippen molar-refractivity contribution in [1.82, 2.24) is 9.88 Å². The second-order valence-corrected chi connectivity index (χ2v) is 8.65. The molecule has 0 aliphatic carbocycles.